The number of anilines is 2. The Kier molecular flexibility index (Phi) is 5.35. The number of benzene rings is 2. The minimum atomic E-state index is -0.313. The summed E-state index contributed by atoms with van der Waals surface area (Å²) in [4.78, 5) is 21.9. The SMILES string of the molecule is COc1ccc([C@@H]2CC(=O)c3c(C)nc(Nc4ccc(F)cc4)nc3C2)cc1OC. The van der Waals surface area contributed by atoms with Gasteiger partial charge in [0.2, 0.25) is 5.95 Å². The van der Waals surface area contributed by atoms with Crippen molar-refractivity contribution in [2.75, 3.05) is 19.5 Å². The molecule has 3 aromatic rings. The number of nitrogens with zero attached hydrogens (tertiary/aromatic N) is 2. The molecule has 1 N–H and O–H groups in total. The molecule has 0 aliphatic heterocycles. The Labute approximate surface area is 174 Å². The van der Waals surface area contributed by atoms with Gasteiger partial charge in [0.15, 0.2) is 17.3 Å². The number of carbonyl (C=O) groups excluding carboxylic acids is 1. The third-order valence-electron chi connectivity index (χ3n) is 5.29. The standard InChI is InChI=1S/C23H22FN3O3/c1-13-22-18(27-23(25-13)26-17-7-5-16(24)6-8-17)10-15(11-19(22)28)14-4-9-20(29-2)21(12-14)30-3/h4-9,12,15H,10-11H2,1-3H3,(H,25,26,27)/t15-/m0/s1. The molecule has 0 saturated carbocycles. The zero-order valence-corrected chi connectivity index (χ0v) is 17.0. The topological polar surface area (TPSA) is 73.3 Å². The largest absolute Gasteiger partial charge is 0.493 e. The molecule has 1 heterocycles. The smallest absolute Gasteiger partial charge is 0.227 e. The second-order valence-corrected chi connectivity index (χ2v) is 7.23. The predicted octanol–water partition coefficient (Wildman–Crippen LogP) is 4.60. The Morgan fingerprint density at radius 3 is 2.43 bits per heavy atom. The van der Waals surface area contributed by atoms with Crippen molar-refractivity contribution in [3.63, 3.8) is 0 Å². The summed E-state index contributed by atoms with van der Waals surface area (Å²) in [5.41, 5.74) is 3.62. The van der Waals surface area contributed by atoms with Gasteiger partial charge in [0, 0.05) is 12.1 Å². The number of Topliss-reactive ketones (excluding diaryl/α,β-unsaturated/α-hetero) is 1. The van der Waals surface area contributed by atoms with Gasteiger partial charge in [-0.3, -0.25) is 4.79 Å². The van der Waals surface area contributed by atoms with Crippen molar-refractivity contribution >= 4 is 17.4 Å². The number of hydrogen-bond donors (Lipinski definition) is 1. The maximum absolute atomic E-state index is 13.2. The van der Waals surface area contributed by atoms with Gasteiger partial charge in [-0.2, -0.15) is 0 Å². The minimum Gasteiger partial charge on any atom is -0.493 e. The third kappa shape index (κ3) is 3.83. The van der Waals surface area contributed by atoms with Crippen molar-refractivity contribution in [3.05, 3.63) is 70.8 Å². The maximum Gasteiger partial charge on any atom is 0.227 e. The van der Waals surface area contributed by atoms with Gasteiger partial charge < -0.3 is 14.8 Å². The lowest BCUT2D eigenvalue weighted by Gasteiger charge is -2.25. The summed E-state index contributed by atoms with van der Waals surface area (Å²) in [6.45, 7) is 1.81. The van der Waals surface area contributed by atoms with E-state index in [1.165, 1.54) is 12.1 Å². The van der Waals surface area contributed by atoms with E-state index in [4.69, 9.17) is 9.47 Å². The molecule has 0 spiro atoms. The Bertz CT molecular complexity index is 1100. The minimum absolute atomic E-state index is 0.0159. The fourth-order valence-electron chi connectivity index (χ4n) is 3.83. The molecule has 1 atom stereocenters. The first-order valence-corrected chi connectivity index (χ1v) is 9.63. The Morgan fingerprint density at radius 2 is 1.73 bits per heavy atom. The molecule has 0 unspecified atom stereocenters. The molecule has 0 amide bonds. The van der Waals surface area contributed by atoms with Gasteiger partial charge in [-0.25, -0.2) is 14.4 Å². The summed E-state index contributed by atoms with van der Waals surface area (Å²) < 4.78 is 23.9. The van der Waals surface area contributed by atoms with E-state index in [9.17, 15) is 9.18 Å². The van der Waals surface area contributed by atoms with Crippen molar-refractivity contribution in [2.24, 2.45) is 0 Å². The first-order valence-electron chi connectivity index (χ1n) is 9.63. The fourth-order valence-corrected chi connectivity index (χ4v) is 3.83. The van der Waals surface area contributed by atoms with Crippen LogP contribution in [0.2, 0.25) is 0 Å². The summed E-state index contributed by atoms with van der Waals surface area (Å²) in [6.07, 6.45) is 0.995. The number of carbonyl (C=O) groups is 1. The van der Waals surface area contributed by atoms with Crippen molar-refractivity contribution in [2.45, 2.75) is 25.7 Å². The second-order valence-electron chi connectivity index (χ2n) is 7.23. The molecule has 30 heavy (non-hydrogen) atoms. The number of rotatable bonds is 5. The van der Waals surface area contributed by atoms with Crippen LogP contribution in [-0.2, 0) is 6.42 Å². The monoisotopic (exact) mass is 407 g/mol. The highest BCUT2D eigenvalue weighted by molar-refractivity contribution is 5.99. The van der Waals surface area contributed by atoms with Crippen LogP contribution in [0.15, 0.2) is 42.5 Å². The summed E-state index contributed by atoms with van der Waals surface area (Å²) in [5, 5.41) is 3.09. The van der Waals surface area contributed by atoms with E-state index in [0.29, 0.717) is 52.9 Å². The maximum atomic E-state index is 13.2. The molecule has 1 aliphatic rings. The lowest BCUT2D eigenvalue weighted by atomic mass is 9.81. The quantitative estimate of drug-likeness (QED) is 0.667. The number of aryl methyl sites for hydroxylation is 1. The van der Waals surface area contributed by atoms with E-state index < -0.39 is 0 Å². The highest BCUT2D eigenvalue weighted by Gasteiger charge is 2.30. The molecule has 2 aromatic carbocycles. The van der Waals surface area contributed by atoms with Crippen molar-refractivity contribution in [3.8, 4) is 11.5 Å². The molecule has 1 aliphatic carbocycles. The van der Waals surface area contributed by atoms with E-state index in [0.717, 1.165) is 5.56 Å². The van der Waals surface area contributed by atoms with Gasteiger partial charge in [0.25, 0.3) is 0 Å². The highest BCUT2D eigenvalue weighted by Crippen LogP contribution is 2.37. The molecule has 6 nitrogen and oxygen atoms in total. The Balaban J connectivity index is 1.65. The predicted molar refractivity (Wildman–Crippen MR) is 111 cm³/mol. The average Bonchev–Trinajstić information content (AvgIpc) is 2.74. The van der Waals surface area contributed by atoms with E-state index in [2.05, 4.69) is 15.3 Å². The molecule has 0 saturated heterocycles. The molecule has 0 bridgehead atoms. The molecule has 7 heteroatoms. The summed E-state index contributed by atoms with van der Waals surface area (Å²) in [5.74, 6) is 1.36. The molecule has 1 aromatic heterocycles. The van der Waals surface area contributed by atoms with E-state index in [-0.39, 0.29) is 17.5 Å². The lowest BCUT2D eigenvalue weighted by molar-refractivity contribution is 0.0962. The lowest BCUT2D eigenvalue weighted by Crippen LogP contribution is -2.23. The van der Waals surface area contributed by atoms with Gasteiger partial charge in [0.05, 0.1) is 31.2 Å². The fraction of sp³-hybridized carbons (Fsp3) is 0.261. The molecular weight excluding hydrogens is 385 g/mol. The number of hydrogen-bond acceptors (Lipinski definition) is 6. The third-order valence-corrected chi connectivity index (χ3v) is 5.29. The highest BCUT2D eigenvalue weighted by atomic mass is 19.1. The molecule has 154 valence electrons. The molecule has 4 rings (SSSR count). The van der Waals surface area contributed by atoms with Crippen LogP contribution in [0.25, 0.3) is 0 Å². The van der Waals surface area contributed by atoms with Crippen LogP contribution in [0.1, 0.15) is 39.6 Å². The molecule has 0 fully saturated rings. The van der Waals surface area contributed by atoms with Gasteiger partial charge in [-0.1, -0.05) is 6.07 Å². The van der Waals surface area contributed by atoms with Gasteiger partial charge in [-0.05, 0) is 61.2 Å². The van der Waals surface area contributed by atoms with Gasteiger partial charge >= 0.3 is 0 Å². The van der Waals surface area contributed by atoms with Crippen LogP contribution in [0.4, 0.5) is 16.0 Å². The number of ether oxygens (including phenoxy) is 2. The Morgan fingerprint density at radius 1 is 1.00 bits per heavy atom. The van der Waals surface area contributed by atoms with Crippen LogP contribution in [-0.4, -0.2) is 30.0 Å². The number of nitrogens with one attached hydrogen (secondary N) is 1. The Hall–Kier alpha value is -3.48. The van der Waals surface area contributed by atoms with Crippen molar-refractivity contribution in [1.82, 2.24) is 9.97 Å². The summed E-state index contributed by atoms with van der Waals surface area (Å²) >= 11 is 0. The van der Waals surface area contributed by atoms with E-state index >= 15 is 0 Å². The van der Waals surface area contributed by atoms with Crippen LogP contribution in [0.5, 0.6) is 11.5 Å². The summed E-state index contributed by atoms with van der Waals surface area (Å²) in [7, 11) is 3.18. The summed E-state index contributed by atoms with van der Waals surface area (Å²) in [6, 6.07) is 11.7. The molecular formula is C23H22FN3O3. The number of methoxy groups -OCH3 is 2. The van der Waals surface area contributed by atoms with Crippen LogP contribution < -0.4 is 14.8 Å². The average molecular weight is 407 g/mol. The van der Waals surface area contributed by atoms with Crippen LogP contribution in [0.3, 0.4) is 0 Å². The number of ketones is 1. The number of fused-ring (bicyclic) bond motifs is 1. The van der Waals surface area contributed by atoms with Crippen LogP contribution >= 0.6 is 0 Å². The van der Waals surface area contributed by atoms with Gasteiger partial charge in [0.1, 0.15) is 5.82 Å². The second kappa shape index (κ2) is 8.10. The van der Waals surface area contributed by atoms with E-state index in [1.807, 2.05) is 25.1 Å². The van der Waals surface area contributed by atoms with Crippen molar-refractivity contribution in [1.29, 1.82) is 0 Å². The first-order chi connectivity index (χ1) is 14.5. The van der Waals surface area contributed by atoms with Crippen molar-refractivity contribution < 1.29 is 18.7 Å². The van der Waals surface area contributed by atoms with Gasteiger partial charge in [-0.15, -0.1) is 0 Å². The zero-order chi connectivity index (χ0) is 21.3. The van der Waals surface area contributed by atoms with E-state index in [1.54, 1.807) is 26.4 Å². The zero-order valence-electron chi connectivity index (χ0n) is 17.0. The normalized spacial score (nSPS) is 15.5. The number of halogens is 1. The van der Waals surface area contributed by atoms with Crippen LogP contribution in [0, 0.1) is 12.7 Å². The molecule has 0 radical (unpaired) electrons. The number of aromatic nitrogens is 2. The first kappa shape index (κ1) is 19.8.